The molecule has 2 fully saturated rings. The van der Waals surface area contributed by atoms with E-state index < -0.39 is 0 Å². The molecule has 3 heteroatoms. The van der Waals surface area contributed by atoms with E-state index in [0.717, 1.165) is 37.6 Å². The molecular weight excluding hydrogens is 260 g/mol. The highest BCUT2D eigenvalue weighted by atomic mass is 16.2. The Morgan fingerprint density at radius 3 is 2.48 bits per heavy atom. The fourth-order valence-corrected chi connectivity index (χ4v) is 3.89. The van der Waals surface area contributed by atoms with Crippen molar-refractivity contribution in [2.75, 3.05) is 6.54 Å². The molecule has 1 amide bonds. The van der Waals surface area contributed by atoms with Gasteiger partial charge in [0.2, 0.25) is 5.91 Å². The van der Waals surface area contributed by atoms with Gasteiger partial charge in [-0.05, 0) is 43.4 Å². The average molecular weight is 294 g/mol. The van der Waals surface area contributed by atoms with Crippen LogP contribution in [0.4, 0.5) is 0 Å². The lowest BCUT2D eigenvalue weighted by Crippen LogP contribution is -2.41. The van der Waals surface area contributed by atoms with E-state index in [2.05, 4.69) is 37.9 Å². The van der Waals surface area contributed by atoms with Gasteiger partial charge >= 0.3 is 0 Å². The topological polar surface area (TPSA) is 32.3 Å². The monoisotopic (exact) mass is 294 g/mol. The lowest BCUT2D eigenvalue weighted by Gasteiger charge is -2.33. The van der Waals surface area contributed by atoms with Gasteiger partial charge in [0.15, 0.2) is 0 Å². The quantitative estimate of drug-likeness (QED) is 0.808. The average Bonchev–Trinajstić information content (AvgIpc) is 2.70. The first-order valence-corrected chi connectivity index (χ1v) is 9.07. The highest BCUT2D eigenvalue weighted by Gasteiger charge is 2.39. The fraction of sp³-hybridized carbons (Fsp3) is 0.944. The molecule has 3 nitrogen and oxygen atoms in total. The Balaban J connectivity index is 1.97. The molecule has 0 aromatic heterocycles. The van der Waals surface area contributed by atoms with Crippen molar-refractivity contribution in [3.05, 3.63) is 0 Å². The Bertz CT molecular complexity index is 334. The van der Waals surface area contributed by atoms with Crippen molar-refractivity contribution in [3.8, 4) is 0 Å². The van der Waals surface area contributed by atoms with Crippen LogP contribution < -0.4 is 5.32 Å². The largest absolute Gasteiger partial charge is 0.326 e. The van der Waals surface area contributed by atoms with Gasteiger partial charge in [0.25, 0.3) is 0 Å². The molecule has 1 aliphatic heterocycles. The summed E-state index contributed by atoms with van der Waals surface area (Å²) in [6, 6.07) is 0.0706. The Kier molecular flexibility index (Phi) is 6.09. The summed E-state index contributed by atoms with van der Waals surface area (Å²) in [5.41, 5.74) is 0. The third kappa shape index (κ3) is 4.45. The molecule has 1 aliphatic carbocycles. The van der Waals surface area contributed by atoms with Crippen LogP contribution in [0.3, 0.4) is 0 Å². The number of amides is 1. The van der Waals surface area contributed by atoms with Gasteiger partial charge in [0, 0.05) is 6.54 Å². The molecule has 1 N–H and O–H groups in total. The third-order valence-electron chi connectivity index (χ3n) is 5.21. The van der Waals surface area contributed by atoms with Gasteiger partial charge in [-0.25, -0.2) is 0 Å². The van der Waals surface area contributed by atoms with Crippen LogP contribution in [0.15, 0.2) is 0 Å². The van der Waals surface area contributed by atoms with Crippen molar-refractivity contribution < 1.29 is 4.79 Å². The molecule has 0 radical (unpaired) electrons. The maximum atomic E-state index is 12.7. The van der Waals surface area contributed by atoms with Gasteiger partial charge in [-0.2, -0.15) is 0 Å². The second kappa shape index (κ2) is 7.62. The van der Waals surface area contributed by atoms with Gasteiger partial charge in [-0.1, -0.05) is 47.0 Å². The minimum absolute atomic E-state index is 0.0706. The number of nitrogens with one attached hydrogen (secondary N) is 1. The third-order valence-corrected chi connectivity index (χ3v) is 5.21. The van der Waals surface area contributed by atoms with E-state index in [4.69, 9.17) is 0 Å². The maximum Gasteiger partial charge on any atom is 0.241 e. The summed E-state index contributed by atoms with van der Waals surface area (Å²) in [6.45, 7) is 10.0. The molecule has 0 aromatic carbocycles. The number of carbonyl (C=O) groups excluding carboxylic acids is 1. The molecule has 21 heavy (non-hydrogen) atoms. The van der Waals surface area contributed by atoms with Gasteiger partial charge in [-0.3, -0.25) is 10.1 Å². The van der Waals surface area contributed by atoms with Gasteiger partial charge < -0.3 is 4.90 Å². The number of nitrogens with zero attached hydrogens (tertiary/aromatic N) is 1. The molecule has 2 unspecified atom stereocenters. The molecule has 2 aliphatic rings. The van der Waals surface area contributed by atoms with E-state index in [1.165, 1.54) is 25.7 Å². The summed E-state index contributed by atoms with van der Waals surface area (Å²) in [5, 5.41) is 3.60. The van der Waals surface area contributed by atoms with Crippen LogP contribution in [0.2, 0.25) is 0 Å². The highest BCUT2D eigenvalue weighted by molar-refractivity contribution is 5.84. The second-order valence-electron chi connectivity index (χ2n) is 7.77. The minimum Gasteiger partial charge on any atom is -0.326 e. The molecule has 0 aromatic rings. The van der Waals surface area contributed by atoms with Crippen molar-refractivity contribution in [1.29, 1.82) is 0 Å². The molecular formula is C18H34N2O. The summed E-state index contributed by atoms with van der Waals surface area (Å²) in [4.78, 5) is 14.9. The predicted octanol–water partition coefficient (Wildman–Crippen LogP) is 3.79. The van der Waals surface area contributed by atoms with E-state index in [1.807, 2.05) is 0 Å². The molecule has 2 atom stereocenters. The Morgan fingerprint density at radius 2 is 1.90 bits per heavy atom. The molecule has 1 saturated carbocycles. The zero-order valence-corrected chi connectivity index (χ0v) is 14.4. The first-order chi connectivity index (χ1) is 10.0. The summed E-state index contributed by atoms with van der Waals surface area (Å²) in [6.07, 6.45) is 8.69. The van der Waals surface area contributed by atoms with Crippen molar-refractivity contribution in [1.82, 2.24) is 10.2 Å². The van der Waals surface area contributed by atoms with E-state index in [1.54, 1.807) is 0 Å². The van der Waals surface area contributed by atoms with Gasteiger partial charge in [-0.15, -0.1) is 0 Å². The summed E-state index contributed by atoms with van der Waals surface area (Å²) in [7, 11) is 0. The van der Waals surface area contributed by atoms with Crippen LogP contribution in [-0.2, 0) is 4.79 Å². The second-order valence-corrected chi connectivity index (χ2v) is 7.77. The van der Waals surface area contributed by atoms with Crippen molar-refractivity contribution in [2.24, 2.45) is 17.8 Å². The van der Waals surface area contributed by atoms with Crippen LogP contribution in [-0.4, -0.2) is 29.6 Å². The van der Waals surface area contributed by atoms with Crippen LogP contribution in [0.1, 0.15) is 72.6 Å². The Hall–Kier alpha value is -0.570. The molecule has 2 rings (SSSR count). The number of carbonyl (C=O) groups is 1. The SMILES string of the molecule is CCCC1NC(CC(C)C)N(CC2CCC(C)CC2)C1=O. The number of rotatable bonds is 6. The van der Waals surface area contributed by atoms with Crippen molar-refractivity contribution in [2.45, 2.75) is 84.8 Å². The lowest BCUT2D eigenvalue weighted by molar-refractivity contribution is -0.131. The molecule has 1 heterocycles. The fourth-order valence-electron chi connectivity index (χ4n) is 3.89. The van der Waals surface area contributed by atoms with E-state index in [-0.39, 0.29) is 12.2 Å². The van der Waals surface area contributed by atoms with E-state index in [9.17, 15) is 4.79 Å². The highest BCUT2D eigenvalue weighted by Crippen LogP contribution is 2.31. The predicted molar refractivity (Wildman–Crippen MR) is 87.9 cm³/mol. The Morgan fingerprint density at radius 1 is 1.24 bits per heavy atom. The first-order valence-electron chi connectivity index (χ1n) is 9.07. The smallest absolute Gasteiger partial charge is 0.241 e. The first kappa shape index (κ1) is 16.8. The van der Waals surface area contributed by atoms with Gasteiger partial charge in [0.05, 0.1) is 12.2 Å². The van der Waals surface area contributed by atoms with Crippen LogP contribution >= 0.6 is 0 Å². The standard InChI is InChI=1S/C18H34N2O/c1-5-6-16-18(21)20(17(19-16)11-13(2)3)12-15-9-7-14(4)8-10-15/h13-17,19H,5-12H2,1-4H3. The molecule has 1 saturated heterocycles. The van der Waals surface area contributed by atoms with Crippen LogP contribution in [0.25, 0.3) is 0 Å². The lowest BCUT2D eigenvalue weighted by atomic mass is 9.82. The zero-order valence-electron chi connectivity index (χ0n) is 14.4. The van der Waals surface area contributed by atoms with Crippen molar-refractivity contribution in [3.63, 3.8) is 0 Å². The summed E-state index contributed by atoms with van der Waals surface area (Å²) >= 11 is 0. The van der Waals surface area contributed by atoms with Gasteiger partial charge in [0.1, 0.15) is 0 Å². The molecule has 0 spiro atoms. The van der Waals surface area contributed by atoms with Crippen LogP contribution in [0.5, 0.6) is 0 Å². The maximum absolute atomic E-state index is 12.7. The summed E-state index contributed by atoms with van der Waals surface area (Å²) < 4.78 is 0. The normalized spacial score (nSPS) is 34.0. The zero-order chi connectivity index (χ0) is 15.4. The van der Waals surface area contributed by atoms with E-state index in [0.29, 0.717) is 11.8 Å². The molecule has 0 bridgehead atoms. The molecule has 122 valence electrons. The minimum atomic E-state index is 0.0706. The van der Waals surface area contributed by atoms with E-state index >= 15 is 0 Å². The number of hydrogen-bond acceptors (Lipinski definition) is 2. The Labute approximate surface area is 130 Å². The summed E-state index contributed by atoms with van der Waals surface area (Å²) in [5.74, 6) is 2.60. The van der Waals surface area contributed by atoms with Crippen molar-refractivity contribution >= 4 is 5.91 Å². The number of hydrogen-bond donors (Lipinski definition) is 1. The van der Waals surface area contributed by atoms with Crippen LogP contribution in [0, 0.1) is 17.8 Å².